The van der Waals surface area contributed by atoms with Gasteiger partial charge in [0.15, 0.2) is 0 Å². The summed E-state index contributed by atoms with van der Waals surface area (Å²) < 4.78 is 33.4. The first-order chi connectivity index (χ1) is 13.2. The quantitative estimate of drug-likeness (QED) is 0.597. The van der Waals surface area contributed by atoms with Gasteiger partial charge in [0.05, 0.1) is 10.7 Å². The van der Waals surface area contributed by atoms with Crippen molar-refractivity contribution >= 4 is 33.2 Å². The van der Waals surface area contributed by atoms with Crippen molar-refractivity contribution in [2.45, 2.75) is 32.1 Å². The lowest BCUT2D eigenvalue weighted by atomic mass is 10.1. The molecule has 2 N–H and O–H groups in total. The van der Waals surface area contributed by atoms with E-state index in [1.807, 2.05) is 32.9 Å². The Morgan fingerprint density at radius 1 is 1.14 bits per heavy atom. The van der Waals surface area contributed by atoms with Gasteiger partial charge in [-0.3, -0.25) is 9.52 Å². The van der Waals surface area contributed by atoms with Gasteiger partial charge < -0.3 is 10.1 Å². The maximum absolute atomic E-state index is 12.8. The smallest absolute Gasteiger partial charge is 0.263 e. The van der Waals surface area contributed by atoms with Crippen molar-refractivity contribution in [3.05, 3.63) is 58.1 Å². The van der Waals surface area contributed by atoms with Gasteiger partial charge in [0, 0.05) is 25.3 Å². The Hall–Kier alpha value is -2.09. The summed E-state index contributed by atoms with van der Waals surface area (Å²) in [6.07, 6.45) is 0.673. The maximum atomic E-state index is 12.8. The Labute approximate surface area is 171 Å². The first kappa shape index (κ1) is 22.2. The van der Waals surface area contributed by atoms with Crippen LogP contribution in [0, 0.1) is 13.8 Å². The van der Waals surface area contributed by atoms with Gasteiger partial charge in [-0.2, -0.15) is 0 Å². The summed E-state index contributed by atoms with van der Waals surface area (Å²) in [6.45, 7) is 7.26. The summed E-state index contributed by atoms with van der Waals surface area (Å²) in [5, 5.41) is 2.79. The van der Waals surface area contributed by atoms with Crippen molar-refractivity contribution in [3.63, 3.8) is 0 Å². The number of hydrogen-bond acceptors (Lipinski definition) is 4. The predicted octanol–water partition coefficient (Wildman–Crippen LogP) is 3.91. The number of carbonyl (C=O) groups is 1. The van der Waals surface area contributed by atoms with Crippen LogP contribution in [0.5, 0.6) is 0 Å². The Morgan fingerprint density at radius 2 is 1.89 bits per heavy atom. The first-order valence-corrected chi connectivity index (χ1v) is 10.9. The molecule has 0 fully saturated rings. The second kappa shape index (κ2) is 9.91. The van der Waals surface area contributed by atoms with E-state index in [0.29, 0.717) is 31.9 Å². The van der Waals surface area contributed by atoms with Crippen LogP contribution >= 0.6 is 11.6 Å². The van der Waals surface area contributed by atoms with E-state index in [9.17, 15) is 13.2 Å². The van der Waals surface area contributed by atoms with Crippen LogP contribution in [0.1, 0.15) is 34.8 Å². The van der Waals surface area contributed by atoms with E-state index in [1.165, 1.54) is 18.2 Å². The average Bonchev–Trinajstić information content (AvgIpc) is 2.64. The van der Waals surface area contributed by atoms with Gasteiger partial charge in [-0.05, 0) is 57.0 Å². The number of halogens is 1. The molecule has 6 nitrogen and oxygen atoms in total. The molecule has 28 heavy (non-hydrogen) atoms. The van der Waals surface area contributed by atoms with Gasteiger partial charge in [-0.25, -0.2) is 8.42 Å². The fourth-order valence-corrected chi connectivity index (χ4v) is 4.26. The van der Waals surface area contributed by atoms with E-state index in [2.05, 4.69) is 10.0 Å². The molecule has 0 aromatic heterocycles. The van der Waals surface area contributed by atoms with Crippen molar-refractivity contribution in [3.8, 4) is 0 Å². The van der Waals surface area contributed by atoms with E-state index >= 15 is 0 Å². The Bertz CT molecular complexity index is 945. The van der Waals surface area contributed by atoms with Crippen LogP contribution in [0.3, 0.4) is 0 Å². The summed E-state index contributed by atoms with van der Waals surface area (Å²) in [6, 6.07) is 9.59. The van der Waals surface area contributed by atoms with Gasteiger partial charge in [0.25, 0.3) is 15.9 Å². The molecule has 0 atom stereocenters. The molecule has 2 aromatic carbocycles. The van der Waals surface area contributed by atoms with Crippen LogP contribution in [-0.4, -0.2) is 34.1 Å². The Kier molecular flexibility index (Phi) is 7.86. The van der Waals surface area contributed by atoms with Crippen LogP contribution in [0.2, 0.25) is 5.02 Å². The second-order valence-electron chi connectivity index (χ2n) is 6.38. The maximum Gasteiger partial charge on any atom is 0.263 e. The molecular weight excluding hydrogens is 400 g/mol. The van der Waals surface area contributed by atoms with Crippen molar-refractivity contribution < 1.29 is 17.9 Å². The van der Waals surface area contributed by atoms with Crippen molar-refractivity contribution in [2.24, 2.45) is 0 Å². The van der Waals surface area contributed by atoms with Crippen LogP contribution in [-0.2, 0) is 14.8 Å². The lowest BCUT2D eigenvalue weighted by Gasteiger charge is -2.13. The Morgan fingerprint density at radius 3 is 2.57 bits per heavy atom. The highest BCUT2D eigenvalue weighted by Gasteiger charge is 2.21. The summed E-state index contributed by atoms with van der Waals surface area (Å²) >= 11 is 6.11. The predicted molar refractivity (Wildman–Crippen MR) is 112 cm³/mol. The van der Waals surface area contributed by atoms with E-state index in [4.69, 9.17) is 16.3 Å². The Balaban J connectivity index is 2.18. The van der Waals surface area contributed by atoms with E-state index in [0.717, 1.165) is 11.1 Å². The monoisotopic (exact) mass is 424 g/mol. The highest BCUT2D eigenvalue weighted by molar-refractivity contribution is 7.92. The number of ether oxygens (including phenoxy) is 1. The van der Waals surface area contributed by atoms with Crippen molar-refractivity contribution in [1.82, 2.24) is 5.32 Å². The molecule has 0 aliphatic rings. The minimum atomic E-state index is -3.95. The molecule has 2 rings (SSSR count). The molecule has 0 unspecified atom stereocenters. The highest BCUT2D eigenvalue weighted by atomic mass is 35.5. The van der Waals surface area contributed by atoms with Gasteiger partial charge in [0.2, 0.25) is 0 Å². The number of amides is 1. The number of aryl methyl sites for hydroxylation is 2. The molecule has 2 aromatic rings. The normalized spacial score (nSPS) is 11.3. The van der Waals surface area contributed by atoms with E-state index in [-0.39, 0.29) is 21.4 Å². The lowest BCUT2D eigenvalue weighted by molar-refractivity contribution is 0.0944. The summed E-state index contributed by atoms with van der Waals surface area (Å²) in [5.74, 6) is -0.365. The fraction of sp³-hybridized carbons (Fsp3) is 0.350. The summed E-state index contributed by atoms with van der Waals surface area (Å²) in [5.41, 5.74) is 2.51. The molecule has 8 heteroatoms. The number of benzene rings is 2. The third-order valence-electron chi connectivity index (χ3n) is 4.06. The topological polar surface area (TPSA) is 84.5 Å². The third kappa shape index (κ3) is 5.95. The van der Waals surface area contributed by atoms with Crippen LogP contribution in [0.25, 0.3) is 0 Å². The number of carbonyl (C=O) groups excluding carboxylic acids is 1. The number of sulfonamides is 1. The minimum Gasteiger partial charge on any atom is -0.382 e. The molecule has 0 radical (unpaired) electrons. The van der Waals surface area contributed by atoms with Crippen LogP contribution < -0.4 is 10.0 Å². The molecule has 0 aliphatic heterocycles. The average molecular weight is 425 g/mol. The van der Waals surface area contributed by atoms with Crippen LogP contribution in [0.15, 0.2) is 41.3 Å². The van der Waals surface area contributed by atoms with Gasteiger partial charge >= 0.3 is 0 Å². The largest absolute Gasteiger partial charge is 0.382 e. The first-order valence-electron chi connectivity index (χ1n) is 9.00. The standard InChI is InChI=1S/C20H25ClN2O4S/c1-4-27-11-5-10-22-20(24)16-7-8-17(21)19(13-16)28(25,26)23-18-9-6-14(2)12-15(18)3/h6-9,12-13,23H,4-5,10-11H2,1-3H3,(H,22,24). The number of hydrogen-bond donors (Lipinski definition) is 2. The second-order valence-corrected chi connectivity index (χ2v) is 8.43. The zero-order chi connectivity index (χ0) is 20.7. The molecule has 0 heterocycles. The number of rotatable bonds is 9. The molecule has 0 saturated carbocycles. The van der Waals surface area contributed by atoms with Gasteiger partial charge in [0.1, 0.15) is 4.90 Å². The fourth-order valence-electron chi connectivity index (χ4n) is 2.60. The number of nitrogens with one attached hydrogen (secondary N) is 2. The molecule has 0 saturated heterocycles. The van der Waals surface area contributed by atoms with Crippen molar-refractivity contribution in [1.29, 1.82) is 0 Å². The van der Waals surface area contributed by atoms with Crippen LogP contribution in [0.4, 0.5) is 5.69 Å². The minimum absolute atomic E-state index is 0.0464. The zero-order valence-corrected chi connectivity index (χ0v) is 17.8. The molecular formula is C20H25ClN2O4S. The number of anilines is 1. The molecule has 152 valence electrons. The summed E-state index contributed by atoms with van der Waals surface area (Å²) in [7, 11) is -3.95. The molecule has 0 spiro atoms. The van der Waals surface area contributed by atoms with Crippen molar-refractivity contribution in [2.75, 3.05) is 24.5 Å². The third-order valence-corrected chi connectivity index (χ3v) is 5.91. The van der Waals surface area contributed by atoms with E-state index < -0.39 is 10.0 Å². The highest BCUT2D eigenvalue weighted by Crippen LogP contribution is 2.26. The van der Waals surface area contributed by atoms with E-state index in [1.54, 1.807) is 6.07 Å². The molecule has 0 aliphatic carbocycles. The molecule has 1 amide bonds. The summed E-state index contributed by atoms with van der Waals surface area (Å²) in [4.78, 5) is 12.2. The van der Waals surface area contributed by atoms with Gasteiger partial charge in [-0.1, -0.05) is 29.3 Å². The van der Waals surface area contributed by atoms with Gasteiger partial charge in [-0.15, -0.1) is 0 Å². The SMILES string of the molecule is CCOCCCNC(=O)c1ccc(Cl)c(S(=O)(=O)Nc2ccc(C)cc2C)c1. The lowest BCUT2D eigenvalue weighted by Crippen LogP contribution is -2.25. The zero-order valence-electron chi connectivity index (χ0n) is 16.2. The molecule has 0 bridgehead atoms.